The van der Waals surface area contributed by atoms with E-state index in [-0.39, 0.29) is 6.04 Å². The number of nitrogens with zero attached hydrogens (tertiary/aromatic N) is 3. The van der Waals surface area contributed by atoms with E-state index in [0.29, 0.717) is 6.54 Å². The molecular formula is C19H19ClN6S. The summed E-state index contributed by atoms with van der Waals surface area (Å²) in [5, 5.41) is 22.4. The van der Waals surface area contributed by atoms with Gasteiger partial charge in [-0.2, -0.15) is 5.10 Å². The van der Waals surface area contributed by atoms with Gasteiger partial charge >= 0.3 is 0 Å². The van der Waals surface area contributed by atoms with Crippen molar-refractivity contribution < 1.29 is 0 Å². The second kappa shape index (κ2) is 7.64. The lowest BCUT2D eigenvalue weighted by Gasteiger charge is -2.12. The molecule has 4 N–H and O–H groups in total. The minimum Gasteiger partial charge on any atom is -0.359 e. The Bertz CT molecular complexity index is 1060. The number of H-pyrrole nitrogens is 1. The van der Waals surface area contributed by atoms with Gasteiger partial charge in [-0.1, -0.05) is 35.1 Å². The number of rotatable bonds is 6. The normalized spacial score (nSPS) is 12.4. The maximum atomic E-state index is 6.23. The molecule has 138 valence electrons. The predicted molar refractivity (Wildman–Crippen MR) is 111 cm³/mol. The topological polar surface area (TPSA) is 92.5 Å². The first-order valence-corrected chi connectivity index (χ1v) is 9.79. The standard InChI is InChI=1S/C19H19ClN6S/c1-11-6-13(8-14-9-23-24-17(11)14)18-25-26-19(27-18)22-10-16(21)7-12-2-4-15(20)5-3-12/h2-6,8-9,16H,7,10,21H2,1H3,(H,22,26)(H,23,24)/t16-/m0/s1. The quantitative estimate of drug-likeness (QED) is 0.456. The fourth-order valence-corrected chi connectivity index (χ4v) is 3.85. The van der Waals surface area contributed by atoms with Crippen LogP contribution in [0.2, 0.25) is 5.02 Å². The van der Waals surface area contributed by atoms with E-state index in [4.69, 9.17) is 17.3 Å². The Kier molecular flexibility index (Phi) is 5.07. The molecule has 0 unspecified atom stereocenters. The Morgan fingerprint density at radius 2 is 2.04 bits per heavy atom. The molecule has 1 atom stereocenters. The summed E-state index contributed by atoms with van der Waals surface area (Å²) < 4.78 is 0. The van der Waals surface area contributed by atoms with Crippen molar-refractivity contribution in [3.63, 3.8) is 0 Å². The Balaban J connectivity index is 1.40. The van der Waals surface area contributed by atoms with Crippen molar-refractivity contribution in [1.82, 2.24) is 20.4 Å². The number of aromatic nitrogens is 4. The zero-order valence-corrected chi connectivity index (χ0v) is 16.3. The number of fused-ring (bicyclic) bond motifs is 1. The molecule has 0 bridgehead atoms. The van der Waals surface area contributed by atoms with E-state index in [1.807, 2.05) is 30.5 Å². The SMILES string of the molecule is Cc1cc(-c2nnc(NC[C@@H](N)Cc3ccc(Cl)cc3)s2)cc2cn[nH]c12. The predicted octanol–water partition coefficient (Wildman–Crippen LogP) is 4.03. The van der Waals surface area contributed by atoms with E-state index < -0.39 is 0 Å². The van der Waals surface area contributed by atoms with Crippen LogP contribution in [0.25, 0.3) is 21.5 Å². The second-order valence-electron chi connectivity index (χ2n) is 6.51. The number of nitrogens with one attached hydrogen (secondary N) is 2. The van der Waals surface area contributed by atoms with Crippen molar-refractivity contribution in [1.29, 1.82) is 0 Å². The maximum absolute atomic E-state index is 6.23. The van der Waals surface area contributed by atoms with Gasteiger partial charge in [0.15, 0.2) is 0 Å². The lowest BCUT2D eigenvalue weighted by atomic mass is 10.1. The Hall–Kier alpha value is -2.48. The van der Waals surface area contributed by atoms with E-state index in [0.717, 1.165) is 49.2 Å². The van der Waals surface area contributed by atoms with Gasteiger partial charge in [-0.25, -0.2) is 0 Å². The highest BCUT2D eigenvalue weighted by atomic mass is 35.5. The van der Waals surface area contributed by atoms with E-state index in [1.165, 1.54) is 11.3 Å². The molecule has 0 amide bonds. The molecule has 0 aliphatic heterocycles. The smallest absolute Gasteiger partial charge is 0.206 e. The fraction of sp³-hybridized carbons (Fsp3) is 0.211. The number of benzene rings is 2. The highest BCUT2D eigenvalue weighted by Crippen LogP contribution is 2.30. The summed E-state index contributed by atoms with van der Waals surface area (Å²) in [6.07, 6.45) is 2.59. The maximum Gasteiger partial charge on any atom is 0.206 e. The van der Waals surface area contributed by atoms with Crippen LogP contribution in [0.1, 0.15) is 11.1 Å². The van der Waals surface area contributed by atoms with Crippen molar-refractivity contribution in [2.24, 2.45) is 5.73 Å². The van der Waals surface area contributed by atoms with Gasteiger partial charge in [-0.05, 0) is 48.7 Å². The van der Waals surface area contributed by atoms with Gasteiger partial charge in [0.25, 0.3) is 0 Å². The van der Waals surface area contributed by atoms with Crippen LogP contribution < -0.4 is 11.1 Å². The third-order valence-corrected chi connectivity index (χ3v) is 5.53. The molecule has 2 aromatic heterocycles. The zero-order valence-electron chi connectivity index (χ0n) is 14.7. The molecule has 0 aliphatic rings. The molecule has 4 rings (SSSR count). The molecule has 2 heterocycles. The van der Waals surface area contributed by atoms with Crippen LogP contribution in [-0.4, -0.2) is 33.0 Å². The van der Waals surface area contributed by atoms with Gasteiger partial charge in [-0.15, -0.1) is 10.2 Å². The zero-order chi connectivity index (χ0) is 18.8. The van der Waals surface area contributed by atoms with Crippen LogP contribution in [0, 0.1) is 6.92 Å². The molecule has 0 fully saturated rings. The van der Waals surface area contributed by atoms with Gasteiger partial charge in [0.1, 0.15) is 5.01 Å². The van der Waals surface area contributed by atoms with Gasteiger partial charge in [0, 0.05) is 28.6 Å². The summed E-state index contributed by atoms with van der Waals surface area (Å²) in [6.45, 7) is 2.68. The number of hydrogen-bond acceptors (Lipinski definition) is 6. The van der Waals surface area contributed by atoms with Crippen LogP contribution in [-0.2, 0) is 6.42 Å². The largest absolute Gasteiger partial charge is 0.359 e. The minimum atomic E-state index is -0.0250. The summed E-state index contributed by atoms with van der Waals surface area (Å²) in [6, 6.07) is 11.9. The number of aryl methyl sites for hydroxylation is 1. The highest BCUT2D eigenvalue weighted by molar-refractivity contribution is 7.18. The Morgan fingerprint density at radius 1 is 1.22 bits per heavy atom. The van der Waals surface area contributed by atoms with E-state index in [1.54, 1.807) is 0 Å². The number of aromatic amines is 1. The van der Waals surface area contributed by atoms with Gasteiger partial charge in [-0.3, -0.25) is 5.10 Å². The summed E-state index contributed by atoms with van der Waals surface area (Å²) >= 11 is 7.43. The third kappa shape index (κ3) is 4.10. The first-order valence-electron chi connectivity index (χ1n) is 8.60. The lowest BCUT2D eigenvalue weighted by molar-refractivity contribution is 0.698. The summed E-state index contributed by atoms with van der Waals surface area (Å²) in [5.74, 6) is 0. The average molecular weight is 399 g/mol. The van der Waals surface area contributed by atoms with Crippen LogP contribution in [0.3, 0.4) is 0 Å². The second-order valence-corrected chi connectivity index (χ2v) is 7.93. The molecule has 6 nitrogen and oxygen atoms in total. The summed E-state index contributed by atoms with van der Waals surface area (Å²) in [7, 11) is 0. The number of nitrogens with two attached hydrogens (primary N) is 1. The van der Waals surface area contributed by atoms with Crippen molar-refractivity contribution in [2.45, 2.75) is 19.4 Å². The van der Waals surface area contributed by atoms with Crippen LogP contribution in [0.4, 0.5) is 5.13 Å². The molecule has 0 radical (unpaired) electrons. The molecule has 4 aromatic rings. The Morgan fingerprint density at radius 3 is 2.85 bits per heavy atom. The van der Waals surface area contributed by atoms with Crippen molar-refractivity contribution >= 4 is 39.0 Å². The highest BCUT2D eigenvalue weighted by Gasteiger charge is 2.11. The Labute approximate surface area is 165 Å². The van der Waals surface area contributed by atoms with Crippen molar-refractivity contribution in [2.75, 3.05) is 11.9 Å². The van der Waals surface area contributed by atoms with Crippen LogP contribution in [0.5, 0.6) is 0 Å². The summed E-state index contributed by atoms with van der Waals surface area (Å²) in [5.41, 5.74) is 10.6. The van der Waals surface area contributed by atoms with Crippen LogP contribution >= 0.6 is 22.9 Å². The lowest BCUT2D eigenvalue weighted by Crippen LogP contribution is -2.31. The van der Waals surface area contributed by atoms with Crippen LogP contribution in [0.15, 0.2) is 42.6 Å². The molecule has 0 saturated carbocycles. The minimum absolute atomic E-state index is 0.0250. The first kappa shape index (κ1) is 17.9. The third-order valence-electron chi connectivity index (χ3n) is 4.34. The fourth-order valence-electron chi connectivity index (χ4n) is 2.98. The van der Waals surface area contributed by atoms with Gasteiger partial charge in [0.2, 0.25) is 5.13 Å². The van der Waals surface area contributed by atoms with Crippen molar-refractivity contribution in [3.8, 4) is 10.6 Å². The van der Waals surface area contributed by atoms with Crippen molar-refractivity contribution in [3.05, 3.63) is 58.7 Å². The molecule has 0 spiro atoms. The molecule has 27 heavy (non-hydrogen) atoms. The molecule has 0 aliphatic carbocycles. The first-order chi connectivity index (χ1) is 13.1. The monoisotopic (exact) mass is 398 g/mol. The molecule has 2 aromatic carbocycles. The van der Waals surface area contributed by atoms with E-state index in [2.05, 4.69) is 44.8 Å². The number of anilines is 1. The molecular weight excluding hydrogens is 380 g/mol. The molecule has 8 heteroatoms. The average Bonchev–Trinajstić information content (AvgIpc) is 3.31. The summed E-state index contributed by atoms with van der Waals surface area (Å²) in [4.78, 5) is 0. The van der Waals surface area contributed by atoms with Gasteiger partial charge < -0.3 is 11.1 Å². The van der Waals surface area contributed by atoms with E-state index >= 15 is 0 Å². The number of halogens is 1. The van der Waals surface area contributed by atoms with E-state index in [9.17, 15) is 0 Å². The van der Waals surface area contributed by atoms with Gasteiger partial charge in [0.05, 0.1) is 11.7 Å². The molecule has 0 saturated heterocycles. The number of hydrogen-bond donors (Lipinski definition) is 3.